The van der Waals surface area contributed by atoms with Crippen LogP contribution in [0.15, 0.2) is 17.0 Å². The van der Waals surface area contributed by atoms with E-state index in [1.165, 1.54) is 0 Å². The van der Waals surface area contributed by atoms with Crippen LogP contribution in [-0.4, -0.2) is 31.9 Å². The monoisotopic (exact) mass is 322 g/mol. The Hall–Kier alpha value is -1.12. The van der Waals surface area contributed by atoms with Crippen molar-refractivity contribution in [3.8, 4) is 0 Å². The first-order valence-corrected chi connectivity index (χ1v) is 8.19. The zero-order valence-corrected chi connectivity index (χ0v) is 12.2. The standard InChI is InChI=1S/C13H17F3N2O2S/c14-10-4-5-11(13(16)12(10)15)21(19,20)18-8-2-1-3-9(18)6-7-17/h4-5,9H,1-3,6-8,17H2. The van der Waals surface area contributed by atoms with Crippen molar-refractivity contribution in [1.82, 2.24) is 4.31 Å². The number of rotatable bonds is 4. The van der Waals surface area contributed by atoms with Crippen LogP contribution in [0.4, 0.5) is 13.2 Å². The summed E-state index contributed by atoms with van der Waals surface area (Å²) in [5.74, 6) is -4.86. The second kappa shape index (κ2) is 6.33. The highest BCUT2D eigenvalue weighted by Crippen LogP contribution is 2.29. The molecule has 4 nitrogen and oxygen atoms in total. The molecule has 21 heavy (non-hydrogen) atoms. The molecule has 1 unspecified atom stereocenters. The summed E-state index contributed by atoms with van der Waals surface area (Å²) in [5, 5.41) is 0. The molecule has 1 atom stereocenters. The smallest absolute Gasteiger partial charge is 0.246 e. The van der Waals surface area contributed by atoms with Crippen LogP contribution in [0.25, 0.3) is 0 Å². The van der Waals surface area contributed by atoms with Crippen LogP contribution in [0.5, 0.6) is 0 Å². The van der Waals surface area contributed by atoms with E-state index in [-0.39, 0.29) is 12.6 Å². The van der Waals surface area contributed by atoms with Gasteiger partial charge in [0.15, 0.2) is 17.5 Å². The maximum absolute atomic E-state index is 13.8. The van der Waals surface area contributed by atoms with E-state index < -0.39 is 32.4 Å². The van der Waals surface area contributed by atoms with E-state index in [1.807, 2.05) is 0 Å². The molecule has 0 bridgehead atoms. The molecular formula is C13H17F3N2O2S. The van der Waals surface area contributed by atoms with Crippen molar-refractivity contribution in [3.05, 3.63) is 29.6 Å². The van der Waals surface area contributed by atoms with E-state index in [4.69, 9.17) is 5.73 Å². The molecule has 0 amide bonds. The molecule has 1 saturated heterocycles. The summed E-state index contributed by atoms with van der Waals surface area (Å²) in [6.45, 7) is 0.530. The van der Waals surface area contributed by atoms with Crippen molar-refractivity contribution < 1.29 is 21.6 Å². The first kappa shape index (κ1) is 16.3. The van der Waals surface area contributed by atoms with Crippen LogP contribution in [0.1, 0.15) is 25.7 Å². The van der Waals surface area contributed by atoms with E-state index in [1.54, 1.807) is 0 Å². The van der Waals surface area contributed by atoms with Gasteiger partial charge in [-0.25, -0.2) is 21.6 Å². The third-order valence-electron chi connectivity index (χ3n) is 3.66. The third kappa shape index (κ3) is 3.07. The molecule has 2 rings (SSSR count). The average Bonchev–Trinajstić information content (AvgIpc) is 2.45. The van der Waals surface area contributed by atoms with Gasteiger partial charge in [-0.3, -0.25) is 0 Å². The van der Waals surface area contributed by atoms with Crippen molar-refractivity contribution in [2.45, 2.75) is 36.6 Å². The minimum atomic E-state index is -4.21. The SMILES string of the molecule is NCCC1CCCCN1S(=O)(=O)c1ccc(F)c(F)c1F. The molecule has 0 aliphatic carbocycles. The Bertz CT molecular complexity index is 620. The summed E-state index contributed by atoms with van der Waals surface area (Å²) in [5.41, 5.74) is 5.47. The minimum absolute atomic E-state index is 0.228. The number of sulfonamides is 1. The predicted octanol–water partition coefficient (Wildman–Crippen LogP) is 2.00. The molecule has 0 saturated carbocycles. The normalized spacial score (nSPS) is 20.7. The molecule has 8 heteroatoms. The Labute approximate surface area is 121 Å². The Balaban J connectivity index is 2.43. The van der Waals surface area contributed by atoms with Gasteiger partial charge in [-0.05, 0) is 37.9 Å². The Morgan fingerprint density at radius 3 is 2.57 bits per heavy atom. The van der Waals surface area contributed by atoms with Crippen molar-refractivity contribution in [1.29, 1.82) is 0 Å². The lowest BCUT2D eigenvalue weighted by Gasteiger charge is -2.34. The van der Waals surface area contributed by atoms with Crippen LogP contribution in [0, 0.1) is 17.5 Å². The van der Waals surface area contributed by atoms with Gasteiger partial charge in [0.25, 0.3) is 0 Å². The van der Waals surface area contributed by atoms with E-state index in [2.05, 4.69) is 0 Å². The first-order chi connectivity index (χ1) is 9.89. The van der Waals surface area contributed by atoms with Crippen LogP contribution in [0.2, 0.25) is 0 Å². The lowest BCUT2D eigenvalue weighted by atomic mass is 10.0. The lowest BCUT2D eigenvalue weighted by Crippen LogP contribution is -2.44. The molecular weight excluding hydrogens is 305 g/mol. The summed E-state index contributed by atoms with van der Waals surface area (Å²) in [6.07, 6.45) is 2.58. The molecule has 0 radical (unpaired) electrons. The Kier molecular flexibility index (Phi) is 4.90. The molecule has 1 heterocycles. The number of halogens is 3. The topological polar surface area (TPSA) is 63.4 Å². The van der Waals surface area contributed by atoms with E-state index in [9.17, 15) is 21.6 Å². The van der Waals surface area contributed by atoms with Crippen molar-refractivity contribution in [2.75, 3.05) is 13.1 Å². The summed E-state index contributed by atoms with van der Waals surface area (Å²) in [7, 11) is -4.21. The predicted molar refractivity (Wildman–Crippen MR) is 71.5 cm³/mol. The van der Waals surface area contributed by atoms with Crippen LogP contribution in [0.3, 0.4) is 0 Å². The second-order valence-electron chi connectivity index (χ2n) is 5.02. The highest BCUT2D eigenvalue weighted by Gasteiger charge is 2.35. The van der Waals surface area contributed by atoms with Gasteiger partial charge in [-0.1, -0.05) is 6.42 Å². The molecule has 1 fully saturated rings. The maximum Gasteiger partial charge on any atom is 0.246 e. The van der Waals surface area contributed by atoms with Crippen LogP contribution >= 0.6 is 0 Å². The van der Waals surface area contributed by atoms with E-state index in [0.29, 0.717) is 31.9 Å². The van der Waals surface area contributed by atoms with E-state index >= 15 is 0 Å². The lowest BCUT2D eigenvalue weighted by molar-refractivity contribution is 0.242. The minimum Gasteiger partial charge on any atom is -0.330 e. The maximum atomic E-state index is 13.8. The molecule has 118 valence electrons. The molecule has 0 aromatic heterocycles. The van der Waals surface area contributed by atoms with Gasteiger partial charge >= 0.3 is 0 Å². The van der Waals surface area contributed by atoms with Crippen LogP contribution < -0.4 is 5.73 Å². The largest absolute Gasteiger partial charge is 0.330 e. The Morgan fingerprint density at radius 1 is 1.19 bits per heavy atom. The number of hydrogen-bond donors (Lipinski definition) is 1. The summed E-state index contributed by atoms with van der Waals surface area (Å²) in [6, 6.07) is 1.05. The van der Waals surface area contributed by atoms with Gasteiger partial charge in [0, 0.05) is 12.6 Å². The molecule has 0 spiro atoms. The number of nitrogens with two attached hydrogens (primary N) is 1. The van der Waals surface area contributed by atoms with Crippen molar-refractivity contribution >= 4 is 10.0 Å². The van der Waals surface area contributed by atoms with E-state index in [0.717, 1.165) is 16.8 Å². The second-order valence-corrected chi connectivity index (χ2v) is 6.88. The highest BCUT2D eigenvalue weighted by molar-refractivity contribution is 7.89. The first-order valence-electron chi connectivity index (χ1n) is 6.75. The highest BCUT2D eigenvalue weighted by atomic mass is 32.2. The fraction of sp³-hybridized carbons (Fsp3) is 0.538. The summed E-state index contributed by atoms with van der Waals surface area (Å²) >= 11 is 0. The summed E-state index contributed by atoms with van der Waals surface area (Å²) in [4.78, 5) is -0.828. The van der Waals surface area contributed by atoms with Gasteiger partial charge in [-0.2, -0.15) is 4.31 Å². The number of hydrogen-bond acceptors (Lipinski definition) is 3. The van der Waals surface area contributed by atoms with Gasteiger partial charge in [0.1, 0.15) is 4.90 Å². The average molecular weight is 322 g/mol. The number of benzene rings is 1. The van der Waals surface area contributed by atoms with Gasteiger partial charge in [0.2, 0.25) is 10.0 Å². The third-order valence-corrected chi connectivity index (χ3v) is 5.63. The number of nitrogens with zero attached hydrogens (tertiary/aromatic N) is 1. The molecule has 1 aliphatic heterocycles. The van der Waals surface area contributed by atoms with Crippen molar-refractivity contribution in [2.24, 2.45) is 5.73 Å². The van der Waals surface area contributed by atoms with Gasteiger partial charge in [-0.15, -0.1) is 0 Å². The Morgan fingerprint density at radius 2 is 1.90 bits per heavy atom. The fourth-order valence-electron chi connectivity index (χ4n) is 2.61. The van der Waals surface area contributed by atoms with Gasteiger partial charge < -0.3 is 5.73 Å². The fourth-order valence-corrected chi connectivity index (χ4v) is 4.39. The van der Waals surface area contributed by atoms with Crippen LogP contribution in [-0.2, 0) is 10.0 Å². The zero-order chi connectivity index (χ0) is 15.6. The molecule has 1 aromatic carbocycles. The van der Waals surface area contributed by atoms with Crippen molar-refractivity contribution in [3.63, 3.8) is 0 Å². The molecule has 1 aliphatic rings. The number of piperidine rings is 1. The van der Waals surface area contributed by atoms with Gasteiger partial charge in [0.05, 0.1) is 0 Å². The zero-order valence-electron chi connectivity index (χ0n) is 11.4. The molecule has 1 aromatic rings. The molecule has 2 N–H and O–H groups in total. The summed E-state index contributed by atoms with van der Waals surface area (Å²) < 4.78 is 66.2. The quantitative estimate of drug-likeness (QED) is 0.862.